The molecular weight excluding hydrogens is 1140 g/mol. The Hall–Kier alpha value is -12.8. The Morgan fingerprint density at radius 1 is 0.237 bits per heavy atom. The first-order valence-corrected chi connectivity index (χ1v) is 31.3. The number of para-hydroxylation sites is 10. The van der Waals surface area contributed by atoms with Gasteiger partial charge in [0.1, 0.15) is 33.5 Å². The number of rotatable bonds is 6. The van der Waals surface area contributed by atoms with Gasteiger partial charge in [-0.15, -0.1) is 0 Å². The standard InChI is InChI=1S/C85H46N4O4/c86-47-48-36-40-74-67(42-48)68-43-49(38-41-75(68)88(74)76-34-15-29-65-64-27-13-25-62(82(64)92-84(65)76)60-23-11-21-58-56-20-5-10-35-78(56)90-80(58)60)50-37-39-57-59-22-12-24-61(81(59)91-79(57)44-50)63-26-14-28-66-69-45-51(87-70-30-6-1-16-52(70)53-17-2-7-31-71(53)87)46-77(85(69)93-83(63)66)89-72-32-8-3-18-54(72)55-19-4-9-33-73(55)89/h1-46H. The van der Waals surface area contributed by atoms with Crippen molar-refractivity contribution >= 4 is 153 Å². The number of benzene rings is 14. The lowest BCUT2D eigenvalue weighted by molar-refractivity contribution is 0.663. The van der Waals surface area contributed by atoms with Crippen LogP contribution in [0.15, 0.2) is 297 Å². The average molecular weight is 1190 g/mol. The molecule has 0 amide bonds. The summed E-state index contributed by atoms with van der Waals surface area (Å²) in [6.45, 7) is 0. The Morgan fingerprint density at radius 3 is 1.23 bits per heavy atom. The Labute approximate surface area is 528 Å². The molecule has 0 aliphatic heterocycles. The number of fused-ring (bicyclic) bond motifs is 21. The summed E-state index contributed by atoms with van der Waals surface area (Å²) < 4.78 is 35.3. The van der Waals surface area contributed by atoms with E-state index in [9.17, 15) is 5.26 Å². The van der Waals surface area contributed by atoms with E-state index in [0.717, 1.165) is 182 Å². The van der Waals surface area contributed by atoms with Crippen LogP contribution < -0.4 is 0 Å². The highest BCUT2D eigenvalue weighted by Gasteiger charge is 2.26. The molecule has 7 aromatic heterocycles. The van der Waals surface area contributed by atoms with Gasteiger partial charge in [0.05, 0.1) is 56.1 Å². The van der Waals surface area contributed by atoms with E-state index in [1.54, 1.807) is 0 Å². The zero-order valence-electron chi connectivity index (χ0n) is 49.5. The van der Waals surface area contributed by atoms with Crippen molar-refractivity contribution in [3.63, 3.8) is 0 Å². The maximum Gasteiger partial charge on any atom is 0.159 e. The first-order valence-electron chi connectivity index (χ1n) is 31.3. The van der Waals surface area contributed by atoms with E-state index in [2.05, 4.69) is 268 Å². The Balaban J connectivity index is 0.717. The van der Waals surface area contributed by atoms with Crippen molar-refractivity contribution in [1.29, 1.82) is 5.26 Å². The van der Waals surface area contributed by atoms with Gasteiger partial charge in [-0.25, -0.2) is 0 Å². The van der Waals surface area contributed by atoms with Gasteiger partial charge in [0.25, 0.3) is 0 Å². The summed E-state index contributed by atoms with van der Waals surface area (Å²) >= 11 is 0. The number of nitriles is 1. The molecule has 0 bridgehead atoms. The zero-order valence-corrected chi connectivity index (χ0v) is 49.5. The first kappa shape index (κ1) is 50.1. The highest BCUT2D eigenvalue weighted by molar-refractivity contribution is 6.21. The Kier molecular flexibility index (Phi) is 10.0. The summed E-state index contributed by atoms with van der Waals surface area (Å²) in [5.74, 6) is 0. The fourth-order valence-corrected chi connectivity index (χ4v) is 15.6. The van der Waals surface area contributed by atoms with Crippen molar-refractivity contribution in [2.75, 3.05) is 0 Å². The molecule has 14 aromatic carbocycles. The van der Waals surface area contributed by atoms with Crippen molar-refractivity contribution in [2.24, 2.45) is 0 Å². The van der Waals surface area contributed by atoms with Crippen LogP contribution in [-0.4, -0.2) is 13.7 Å². The number of aromatic nitrogens is 3. The van der Waals surface area contributed by atoms with E-state index in [1.165, 1.54) is 21.5 Å². The maximum absolute atomic E-state index is 10.3. The third kappa shape index (κ3) is 6.91. The molecule has 0 aliphatic carbocycles. The van der Waals surface area contributed by atoms with E-state index in [0.29, 0.717) is 5.56 Å². The predicted molar refractivity (Wildman–Crippen MR) is 380 cm³/mol. The zero-order chi connectivity index (χ0) is 60.7. The third-order valence-electron chi connectivity index (χ3n) is 19.7. The third-order valence-corrected chi connectivity index (χ3v) is 19.7. The molecule has 0 spiro atoms. The van der Waals surface area contributed by atoms with Crippen LogP contribution in [0, 0.1) is 11.3 Å². The van der Waals surface area contributed by atoms with Crippen molar-refractivity contribution in [3.8, 4) is 56.5 Å². The number of hydrogen-bond donors (Lipinski definition) is 0. The van der Waals surface area contributed by atoms with Gasteiger partial charge in [0.2, 0.25) is 0 Å². The largest absolute Gasteiger partial charge is 0.455 e. The summed E-state index contributed by atoms with van der Waals surface area (Å²) in [7, 11) is 0. The molecular formula is C85H46N4O4. The van der Waals surface area contributed by atoms with Gasteiger partial charge in [0, 0.05) is 103 Å². The van der Waals surface area contributed by atoms with Gasteiger partial charge < -0.3 is 31.4 Å². The van der Waals surface area contributed by atoms with Crippen molar-refractivity contribution in [3.05, 3.63) is 285 Å². The van der Waals surface area contributed by atoms with Crippen LogP contribution in [0.2, 0.25) is 0 Å². The lowest BCUT2D eigenvalue weighted by Crippen LogP contribution is -1.99. The van der Waals surface area contributed by atoms with Crippen LogP contribution >= 0.6 is 0 Å². The average Bonchev–Trinajstić information content (AvgIpc) is 1.57. The van der Waals surface area contributed by atoms with Gasteiger partial charge in [-0.1, -0.05) is 188 Å². The molecule has 0 radical (unpaired) electrons. The minimum atomic E-state index is 0.587. The van der Waals surface area contributed by atoms with Gasteiger partial charge in [-0.2, -0.15) is 5.26 Å². The fourth-order valence-electron chi connectivity index (χ4n) is 15.6. The number of nitrogens with zero attached hydrogens (tertiary/aromatic N) is 4. The molecule has 0 saturated heterocycles. The van der Waals surface area contributed by atoms with Gasteiger partial charge in [0.15, 0.2) is 11.2 Å². The minimum absolute atomic E-state index is 0.587. The van der Waals surface area contributed by atoms with Crippen molar-refractivity contribution in [2.45, 2.75) is 0 Å². The predicted octanol–water partition coefficient (Wildman–Crippen LogP) is 23.4. The first-order chi connectivity index (χ1) is 46.1. The summed E-state index contributed by atoms with van der Waals surface area (Å²) in [4.78, 5) is 0. The number of furan rings is 4. The van der Waals surface area contributed by atoms with Crippen molar-refractivity contribution in [1.82, 2.24) is 13.7 Å². The molecule has 0 aliphatic rings. The second kappa shape index (κ2) is 18.6. The monoisotopic (exact) mass is 1190 g/mol. The smallest absolute Gasteiger partial charge is 0.159 e. The fraction of sp³-hybridized carbons (Fsp3) is 0. The molecule has 0 fully saturated rings. The van der Waals surface area contributed by atoms with Crippen LogP contribution in [0.3, 0.4) is 0 Å². The van der Waals surface area contributed by atoms with E-state index in [4.69, 9.17) is 17.7 Å². The summed E-state index contributed by atoms with van der Waals surface area (Å²) in [6.07, 6.45) is 0. The molecule has 8 nitrogen and oxygen atoms in total. The lowest BCUT2D eigenvalue weighted by Gasteiger charge is -2.14. The van der Waals surface area contributed by atoms with Gasteiger partial charge in [-0.3, -0.25) is 0 Å². The summed E-state index contributed by atoms with van der Waals surface area (Å²) in [5.41, 5.74) is 22.2. The van der Waals surface area contributed by atoms with Crippen LogP contribution in [0.5, 0.6) is 0 Å². The quantitative estimate of drug-likeness (QED) is 0.165. The van der Waals surface area contributed by atoms with Crippen LogP contribution in [-0.2, 0) is 0 Å². The molecule has 93 heavy (non-hydrogen) atoms. The second-order valence-corrected chi connectivity index (χ2v) is 24.5. The van der Waals surface area contributed by atoms with E-state index >= 15 is 0 Å². The molecule has 8 heteroatoms. The minimum Gasteiger partial charge on any atom is -0.455 e. The Morgan fingerprint density at radius 2 is 0.634 bits per heavy atom. The molecule has 0 atom stereocenters. The van der Waals surface area contributed by atoms with Crippen LogP contribution in [0.4, 0.5) is 0 Å². The SMILES string of the molecule is N#Cc1ccc2c(c1)c1cc(-c3ccc4c(c3)oc3c(-c5cccc6c5oc5c(-n7c8ccccc8c8ccccc87)cc(-n7c8ccccc8c8ccccc87)cc56)cccc34)ccc1n2-c1cccc2c1oc1c(-c3cccc4c3oc3ccccc34)cccc12. The van der Waals surface area contributed by atoms with E-state index < -0.39 is 0 Å². The highest BCUT2D eigenvalue weighted by Crippen LogP contribution is 2.48. The molecule has 0 N–H and O–H groups in total. The van der Waals surface area contributed by atoms with Crippen LogP contribution in [0.1, 0.15) is 5.56 Å². The lowest BCUT2D eigenvalue weighted by atomic mass is 9.98. The normalized spacial score (nSPS) is 12.3. The summed E-state index contributed by atoms with van der Waals surface area (Å²) in [5, 5.41) is 25.3. The second-order valence-electron chi connectivity index (χ2n) is 24.5. The number of hydrogen-bond acceptors (Lipinski definition) is 5. The molecule has 21 rings (SSSR count). The van der Waals surface area contributed by atoms with Crippen LogP contribution in [0.25, 0.3) is 204 Å². The Bertz CT molecular complexity index is 6800. The molecule has 430 valence electrons. The van der Waals surface area contributed by atoms with E-state index in [-0.39, 0.29) is 0 Å². The van der Waals surface area contributed by atoms with Gasteiger partial charge in [-0.05, 0) is 102 Å². The maximum atomic E-state index is 10.3. The summed E-state index contributed by atoms with van der Waals surface area (Å²) in [6, 6.07) is 101. The van der Waals surface area contributed by atoms with E-state index in [1.807, 2.05) is 30.3 Å². The highest BCUT2D eigenvalue weighted by atomic mass is 16.3. The van der Waals surface area contributed by atoms with Gasteiger partial charge >= 0.3 is 0 Å². The molecule has 21 aromatic rings. The molecule has 0 unspecified atom stereocenters. The topological polar surface area (TPSA) is 91.1 Å². The molecule has 0 saturated carbocycles. The van der Waals surface area contributed by atoms with Crippen molar-refractivity contribution < 1.29 is 17.7 Å². The molecule has 7 heterocycles.